The molecule has 0 amide bonds. The first-order valence-electron chi connectivity index (χ1n) is 8.58. The van der Waals surface area contributed by atoms with Crippen LogP contribution >= 0.6 is 11.6 Å². The molecule has 3 aromatic rings. The highest BCUT2D eigenvalue weighted by molar-refractivity contribution is 6.30. The maximum atomic E-state index is 10.9. The molecule has 0 radical (unpaired) electrons. The summed E-state index contributed by atoms with van der Waals surface area (Å²) >= 11 is 6.01. The number of aromatic nitrogens is 2. The lowest BCUT2D eigenvalue weighted by molar-refractivity contribution is -0.384. The molecule has 1 unspecified atom stereocenters. The molecule has 0 saturated heterocycles. The SMILES string of the molecule is Cc1nn(-c2ccc([N+](=O)[O-])cc2)c2c1C(c1ccc(Cl)cc1)C(C#N)=C(N)O2. The van der Waals surface area contributed by atoms with Crippen LogP contribution in [0.25, 0.3) is 5.69 Å². The summed E-state index contributed by atoms with van der Waals surface area (Å²) in [6.45, 7) is 1.81. The maximum absolute atomic E-state index is 10.9. The van der Waals surface area contributed by atoms with E-state index in [4.69, 9.17) is 22.1 Å². The van der Waals surface area contributed by atoms with Gasteiger partial charge in [0.1, 0.15) is 11.6 Å². The van der Waals surface area contributed by atoms with Crippen molar-refractivity contribution in [3.8, 4) is 17.6 Å². The number of benzene rings is 2. The second-order valence-corrected chi connectivity index (χ2v) is 6.90. The Bertz CT molecular complexity index is 1190. The number of hydrogen-bond acceptors (Lipinski definition) is 6. The minimum absolute atomic E-state index is 0.0111. The molecule has 1 aliphatic rings. The van der Waals surface area contributed by atoms with Crippen molar-refractivity contribution in [1.82, 2.24) is 9.78 Å². The number of allylic oxidation sites excluding steroid dienone is 1. The van der Waals surface area contributed by atoms with Gasteiger partial charge in [-0.2, -0.15) is 10.4 Å². The van der Waals surface area contributed by atoms with Gasteiger partial charge in [0.05, 0.1) is 27.8 Å². The number of aryl methyl sites for hydroxylation is 1. The minimum atomic E-state index is -0.472. The molecule has 0 spiro atoms. The standard InChI is InChI=1S/C20H14ClN5O3/c1-11-17-18(12-2-4-13(21)5-3-12)16(10-22)19(23)29-20(17)25(24-11)14-6-8-15(9-7-14)26(27)28/h2-9,18H,23H2,1H3. The number of non-ortho nitro benzene ring substituents is 1. The third-order valence-corrected chi connectivity index (χ3v) is 4.99. The Morgan fingerprint density at radius 1 is 1.24 bits per heavy atom. The summed E-state index contributed by atoms with van der Waals surface area (Å²) in [6.07, 6.45) is 0. The molecule has 4 rings (SSSR count). The lowest BCUT2D eigenvalue weighted by atomic mass is 9.84. The van der Waals surface area contributed by atoms with Crippen LogP contribution in [-0.4, -0.2) is 14.7 Å². The Balaban J connectivity index is 1.89. The average molecular weight is 408 g/mol. The van der Waals surface area contributed by atoms with Gasteiger partial charge < -0.3 is 10.5 Å². The van der Waals surface area contributed by atoms with Crippen LogP contribution in [-0.2, 0) is 0 Å². The van der Waals surface area contributed by atoms with E-state index in [1.165, 1.54) is 16.8 Å². The molecule has 2 N–H and O–H groups in total. The Labute approximate surface area is 170 Å². The fourth-order valence-corrected chi connectivity index (χ4v) is 3.52. The third kappa shape index (κ3) is 3.07. The summed E-state index contributed by atoms with van der Waals surface area (Å²) in [5.41, 5.74) is 9.07. The highest BCUT2D eigenvalue weighted by atomic mass is 35.5. The summed E-state index contributed by atoms with van der Waals surface area (Å²) in [5.74, 6) is -0.108. The first-order chi connectivity index (χ1) is 13.9. The van der Waals surface area contributed by atoms with E-state index >= 15 is 0 Å². The summed E-state index contributed by atoms with van der Waals surface area (Å²) in [7, 11) is 0. The number of nitrogens with zero attached hydrogens (tertiary/aromatic N) is 4. The van der Waals surface area contributed by atoms with Gasteiger partial charge in [0, 0.05) is 17.2 Å². The molecular formula is C20H14ClN5O3. The number of halogens is 1. The maximum Gasteiger partial charge on any atom is 0.269 e. The smallest absolute Gasteiger partial charge is 0.269 e. The van der Waals surface area contributed by atoms with E-state index in [0.29, 0.717) is 27.8 Å². The Hall–Kier alpha value is -3.83. The van der Waals surface area contributed by atoms with Crippen LogP contribution < -0.4 is 10.5 Å². The predicted octanol–water partition coefficient (Wildman–Crippen LogP) is 3.96. The number of nitro benzene ring substituents is 1. The van der Waals surface area contributed by atoms with Crippen LogP contribution in [0.1, 0.15) is 22.7 Å². The highest BCUT2D eigenvalue weighted by Crippen LogP contribution is 2.44. The van der Waals surface area contributed by atoms with Gasteiger partial charge in [-0.1, -0.05) is 23.7 Å². The van der Waals surface area contributed by atoms with E-state index in [1.807, 2.05) is 19.1 Å². The molecule has 0 fully saturated rings. The molecule has 9 heteroatoms. The number of nitro groups is 1. The molecule has 0 aliphatic carbocycles. The number of rotatable bonds is 3. The molecule has 0 bridgehead atoms. The molecule has 29 heavy (non-hydrogen) atoms. The number of nitrogens with two attached hydrogens (primary N) is 1. The zero-order valence-corrected chi connectivity index (χ0v) is 15.9. The van der Waals surface area contributed by atoms with E-state index in [2.05, 4.69) is 11.2 Å². The van der Waals surface area contributed by atoms with Gasteiger partial charge in [0.25, 0.3) is 5.69 Å². The van der Waals surface area contributed by atoms with Gasteiger partial charge in [0.2, 0.25) is 11.8 Å². The van der Waals surface area contributed by atoms with E-state index < -0.39 is 10.8 Å². The van der Waals surface area contributed by atoms with Crippen molar-refractivity contribution < 1.29 is 9.66 Å². The predicted molar refractivity (Wildman–Crippen MR) is 106 cm³/mol. The van der Waals surface area contributed by atoms with Gasteiger partial charge in [0.15, 0.2) is 0 Å². The average Bonchev–Trinajstić information content (AvgIpc) is 3.03. The van der Waals surface area contributed by atoms with E-state index in [-0.39, 0.29) is 17.1 Å². The van der Waals surface area contributed by atoms with Crippen LogP contribution in [0.4, 0.5) is 5.69 Å². The van der Waals surface area contributed by atoms with Crippen molar-refractivity contribution in [2.24, 2.45) is 5.73 Å². The van der Waals surface area contributed by atoms with E-state index in [1.54, 1.807) is 24.3 Å². The Kier molecular flexibility index (Phi) is 4.45. The minimum Gasteiger partial charge on any atom is -0.422 e. The lowest BCUT2D eigenvalue weighted by Crippen LogP contribution is -2.22. The van der Waals surface area contributed by atoms with Crippen molar-refractivity contribution >= 4 is 17.3 Å². The summed E-state index contributed by atoms with van der Waals surface area (Å²) < 4.78 is 7.30. The zero-order chi connectivity index (χ0) is 20.7. The molecule has 0 saturated carbocycles. The normalized spacial score (nSPS) is 15.4. The number of hydrogen-bond donors (Lipinski definition) is 1. The van der Waals surface area contributed by atoms with Crippen LogP contribution in [0.5, 0.6) is 5.88 Å². The fraction of sp³-hybridized carbons (Fsp3) is 0.100. The second-order valence-electron chi connectivity index (χ2n) is 6.47. The van der Waals surface area contributed by atoms with Crippen LogP contribution in [0.3, 0.4) is 0 Å². The summed E-state index contributed by atoms with van der Waals surface area (Å²) in [4.78, 5) is 10.4. The second kappa shape index (κ2) is 6.96. The largest absolute Gasteiger partial charge is 0.422 e. The molecule has 2 heterocycles. The Morgan fingerprint density at radius 2 is 1.90 bits per heavy atom. The van der Waals surface area contributed by atoms with Crippen LogP contribution in [0.15, 0.2) is 60.0 Å². The van der Waals surface area contributed by atoms with Gasteiger partial charge in [-0.25, -0.2) is 4.68 Å². The van der Waals surface area contributed by atoms with Gasteiger partial charge in [-0.15, -0.1) is 0 Å². The van der Waals surface area contributed by atoms with Crippen molar-refractivity contribution in [3.63, 3.8) is 0 Å². The first kappa shape index (κ1) is 18.5. The first-order valence-corrected chi connectivity index (χ1v) is 8.96. The number of fused-ring (bicyclic) bond motifs is 1. The Morgan fingerprint density at radius 3 is 2.48 bits per heavy atom. The number of nitriles is 1. The van der Waals surface area contributed by atoms with Crippen molar-refractivity contribution in [2.45, 2.75) is 12.8 Å². The molecule has 1 atom stereocenters. The van der Waals surface area contributed by atoms with Crippen molar-refractivity contribution in [1.29, 1.82) is 5.26 Å². The van der Waals surface area contributed by atoms with Crippen LogP contribution in [0.2, 0.25) is 5.02 Å². The van der Waals surface area contributed by atoms with Gasteiger partial charge in [-0.05, 0) is 36.8 Å². The molecule has 2 aromatic carbocycles. The van der Waals surface area contributed by atoms with Gasteiger partial charge >= 0.3 is 0 Å². The lowest BCUT2D eigenvalue weighted by Gasteiger charge is -2.24. The quantitative estimate of drug-likeness (QED) is 0.518. The molecule has 8 nitrogen and oxygen atoms in total. The zero-order valence-electron chi connectivity index (χ0n) is 15.2. The van der Waals surface area contributed by atoms with Crippen LogP contribution in [0, 0.1) is 28.4 Å². The molecule has 1 aromatic heterocycles. The van der Waals surface area contributed by atoms with E-state index in [0.717, 1.165) is 5.56 Å². The third-order valence-electron chi connectivity index (χ3n) is 4.74. The van der Waals surface area contributed by atoms with Crippen molar-refractivity contribution in [3.05, 3.63) is 91.9 Å². The fourth-order valence-electron chi connectivity index (χ4n) is 3.39. The highest BCUT2D eigenvalue weighted by Gasteiger charge is 2.36. The molecule has 144 valence electrons. The van der Waals surface area contributed by atoms with Crippen molar-refractivity contribution in [2.75, 3.05) is 0 Å². The summed E-state index contributed by atoms with van der Waals surface area (Å²) in [6, 6.07) is 15.2. The molecular weight excluding hydrogens is 394 g/mol. The molecule has 1 aliphatic heterocycles. The summed E-state index contributed by atoms with van der Waals surface area (Å²) in [5, 5.41) is 25.7. The van der Waals surface area contributed by atoms with E-state index in [9.17, 15) is 15.4 Å². The van der Waals surface area contributed by atoms with Gasteiger partial charge in [-0.3, -0.25) is 10.1 Å². The monoisotopic (exact) mass is 407 g/mol. The topological polar surface area (TPSA) is 120 Å². The number of ether oxygens (including phenoxy) is 1.